The summed E-state index contributed by atoms with van der Waals surface area (Å²) in [6, 6.07) is 22.3. The Morgan fingerprint density at radius 2 is 1.70 bits per heavy atom. The molecule has 0 spiro atoms. The number of benzene rings is 2. The minimum Gasteiger partial charge on any atom is -0.351 e. The maximum absolute atomic E-state index is 13.5. The summed E-state index contributed by atoms with van der Waals surface area (Å²) in [6.07, 6.45) is 1.60. The predicted octanol–water partition coefficient (Wildman–Crippen LogP) is 4.95. The zero-order valence-corrected chi connectivity index (χ0v) is 19.0. The molecule has 0 fully saturated rings. The topological polar surface area (TPSA) is 50.2 Å². The monoisotopic (exact) mass is 442 g/mol. The van der Waals surface area contributed by atoms with E-state index >= 15 is 0 Å². The first-order chi connectivity index (χ1) is 15.9. The van der Waals surface area contributed by atoms with E-state index in [-0.39, 0.29) is 11.7 Å². The fourth-order valence-corrected chi connectivity index (χ4v) is 3.73. The van der Waals surface area contributed by atoms with Crippen molar-refractivity contribution >= 4 is 5.91 Å². The van der Waals surface area contributed by atoms with Crippen LogP contribution in [0.2, 0.25) is 0 Å². The molecular weight excluding hydrogens is 415 g/mol. The summed E-state index contributed by atoms with van der Waals surface area (Å²) in [5, 5.41) is 2.91. The average Bonchev–Trinajstić information content (AvgIpc) is 3.24. The Hall–Kier alpha value is -3.77. The summed E-state index contributed by atoms with van der Waals surface area (Å²) in [5.74, 6) is -0.411. The van der Waals surface area contributed by atoms with Gasteiger partial charge in [-0.3, -0.25) is 9.78 Å². The average molecular weight is 443 g/mol. The predicted molar refractivity (Wildman–Crippen MR) is 130 cm³/mol. The Labute approximate surface area is 193 Å². The molecule has 168 valence electrons. The second-order valence-electron chi connectivity index (χ2n) is 8.22. The summed E-state index contributed by atoms with van der Waals surface area (Å²) < 4.78 is 15.7. The Morgan fingerprint density at radius 3 is 2.36 bits per heavy atom. The molecule has 1 amide bonds. The van der Waals surface area contributed by atoms with Crippen LogP contribution >= 0.6 is 0 Å². The van der Waals surface area contributed by atoms with Gasteiger partial charge in [0, 0.05) is 25.0 Å². The molecule has 0 bridgehead atoms. The lowest BCUT2D eigenvalue weighted by Crippen LogP contribution is -2.31. The van der Waals surface area contributed by atoms with Gasteiger partial charge in [-0.2, -0.15) is 0 Å². The fraction of sp³-hybridized carbons (Fsp3) is 0.185. The maximum Gasteiger partial charge on any atom is 0.252 e. The number of rotatable bonds is 7. The summed E-state index contributed by atoms with van der Waals surface area (Å²) in [5.41, 5.74) is 6.12. The molecule has 0 aliphatic rings. The molecule has 0 atom stereocenters. The molecule has 4 aromatic rings. The summed E-state index contributed by atoms with van der Waals surface area (Å²) in [7, 11) is 3.93. The minimum atomic E-state index is -0.269. The van der Waals surface area contributed by atoms with Gasteiger partial charge in [-0.05, 0) is 86.7 Å². The van der Waals surface area contributed by atoms with Gasteiger partial charge in [-0.15, -0.1) is 0 Å². The van der Waals surface area contributed by atoms with E-state index in [1.807, 2.05) is 49.3 Å². The summed E-state index contributed by atoms with van der Waals surface area (Å²) in [6.45, 7) is 3.40. The van der Waals surface area contributed by atoms with Crippen molar-refractivity contribution < 1.29 is 9.18 Å². The largest absolute Gasteiger partial charge is 0.351 e. The number of amides is 1. The highest BCUT2D eigenvalue weighted by atomic mass is 19.1. The number of nitrogens with zero attached hydrogens (tertiary/aromatic N) is 3. The van der Waals surface area contributed by atoms with Crippen molar-refractivity contribution in [3.05, 3.63) is 95.9 Å². The number of aryl methyl sites for hydroxylation is 1. The lowest BCUT2D eigenvalue weighted by molar-refractivity contribution is 0.0950. The fourth-order valence-electron chi connectivity index (χ4n) is 3.73. The highest BCUT2D eigenvalue weighted by Gasteiger charge is 2.16. The van der Waals surface area contributed by atoms with Crippen molar-refractivity contribution in [2.45, 2.75) is 6.92 Å². The zero-order chi connectivity index (χ0) is 23.4. The van der Waals surface area contributed by atoms with Crippen LogP contribution in [0.1, 0.15) is 15.9 Å². The summed E-state index contributed by atoms with van der Waals surface area (Å²) in [4.78, 5) is 19.0. The van der Waals surface area contributed by atoms with Gasteiger partial charge in [-0.1, -0.05) is 18.2 Å². The van der Waals surface area contributed by atoms with E-state index < -0.39 is 0 Å². The molecule has 0 saturated heterocycles. The third-order valence-electron chi connectivity index (χ3n) is 5.51. The van der Waals surface area contributed by atoms with Crippen LogP contribution in [0.3, 0.4) is 0 Å². The lowest BCUT2D eigenvalue weighted by atomic mass is 10.1. The number of halogens is 1. The van der Waals surface area contributed by atoms with E-state index in [9.17, 15) is 9.18 Å². The first-order valence-corrected chi connectivity index (χ1v) is 10.9. The van der Waals surface area contributed by atoms with Crippen molar-refractivity contribution in [3.8, 4) is 28.3 Å². The molecule has 6 heteroatoms. The normalized spacial score (nSPS) is 11.1. The number of hydrogen-bond acceptors (Lipinski definition) is 3. The molecule has 0 unspecified atom stereocenters. The Morgan fingerprint density at radius 1 is 0.970 bits per heavy atom. The van der Waals surface area contributed by atoms with E-state index in [0.29, 0.717) is 12.1 Å². The van der Waals surface area contributed by atoms with Gasteiger partial charge in [0.25, 0.3) is 5.91 Å². The Bertz CT molecular complexity index is 1240. The number of para-hydroxylation sites is 1. The van der Waals surface area contributed by atoms with Crippen molar-refractivity contribution in [1.82, 2.24) is 19.8 Å². The number of carbonyl (C=O) groups is 1. The van der Waals surface area contributed by atoms with Gasteiger partial charge in [0.15, 0.2) is 0 Å². The van der Waals surface area contributed by atoms with Crippen LogP contribution in [0.25, 0.3) is 28.3 Å². The molecule has 5 nitrogen and oxygen atoms in total. The number of carbonyl (C=O) groups excluding carboxylic acids is 1. The van der Waals surface area contributed by atoms with E-state index in [2.05, 4.69) is 33.9 Å². The van der Waals surface area contributed by atoms with Crippen molar-refractivity contribution in [2.75, 3.05) is 27.2 Å². The number of likely N-dealkylation sites (N-methyl/N-ethyl adjacent to an activating group) is 1. The quantitative estimate of drug-likeness (QED) is 0.441. The highest BCUT2D eigenvalue weighted by molar-refractivity contribution is 5.94. The van der Waals surface area contributed by atoms with Gasteiger partial charge in [-0.25, -0.2) is 4.39 Å². The van der Waals surface area contributed by atoms with E-state index in [0.717, 1.165) is 40.4 Å². The third-order valence-corrected chi connectivity index (χ3v) is 5.51. The Kier molecular flexibility index (Phi) is 6.66. The number of aromatic nitrogens is 2. The molecule has 2 aromatic heterocycles. The Balaban J connectivity index is 1.71. The van der Waals surface area contributed by atoms with Crippen molar-refractivity contribution in [3.63, 3.8) is 0 Å². The first-order valence-electron chi connectivity index (χ1n) is 10.9. The second-order valence-corrected chi connectivity index (χ2v) is 8.22. The smallest absolute Gasteiger partial charge is 0.252 e. The van der Waals surface area contributed by atoms with Crippen molar-refractivity contribution in [1.29, 1.82) is 0 Å². The third kappa shape index (κ3) is 5.02. The van der Waals surface area contributed by atoms with Crippen molar-refractivity contribution in [2.24, 2.45) is 0 Å². The number of hydrogen-bond donors (Lipinski definition) is 1. The molecule has 0 radical (unpaired) electrons. The highest BCUT2D eigenvalue weighted by Crippen LogP contribution is 2.33. The molecule has 2 aromatic carbocycles. The van der Waals surface area contributed by atoms with Gasteiger partial charge >= 0.3 is 0 Å². The van der Waals surface area contributed by atoms with Gasteiger partial charge < -0.3 is 14.8 Å². The molecule has 0 saturated carbocycles. The number of nitrogens with one attached hydrogen (secondary N) is 1. The van der Waals surface area contributed by atoms with Crippen LogP contribution in [0.15, 0.2) is 79.0 Å². The molecule has 1 N–H and O–H groups in total. The van der Waals surface area contributed by atoms with Gasteiger partial charge in [0.1, 0.15) is 5.82 Å². The van der Waals surface area contributed by atoms with Crippen LogP contribution < -0.4 is 5.32 Å². The SMILES string of the molecule is Cc1ccccc1-n1c(-c2ccc(F)cc2)ccc1-c1ccc(C(=O)NCCN(C)C)cn1. The molecular formula is C27H27FN4O. The van der Waals surface area contributed by atoms with Crippen LogP contribution in [-0.2, 0) is 0 Å². The van der Waals surface area contributed by atoms with Crippen LogP contribution in [0, 0.1) is 12.7 Å². The molecule has 0 aliphatic heterocycles. The molecule has 4 rings (SSSR count). The first kappa shape index (κ1) is 22.4. The molecule has 0 aliphatic carbocycles. The maximum atomic E-state index is 13.5. The minimum absolute atomic E-state index is 0.141. The molecule has 2 heterocycles. The van der Waals surface area contributed by atoms with Gasteiger partial charge in [0.2, 0.25) is 0 Å². The lowest BCUT2D eigenvalue weighted by Gasteiger charge is -2.16. The van der Waals surface area contributed by atoms with Crippen LogP contribution in [0.4, 0.5) is 4.39 Å². The second kappa shape index (κ2) is 9.79. The zero-order valence-electron chi connectivity index (χ0n) is 19.0. The van der Waals surface area contributed by atoms with Crippen LogP contribution in [-0.4, -0.2) is 47.5 Å². The number of pyridine rings is 1. The van der Waals surface area contributed by atoms with Crippen LogP contribution in [0.5, 0.6) is 0 Å². The van der Waals surface area contributed by atoms with E-state index in [1.165, 1.54) is 12.1 Å². The van der Waals surface area contributed by atoms with E-state index in [1.54, 1.807) is 24.4 Å². The molecule has 33 heavy (non-hydrogen) atoms. The standard InChI is InChI=1S/C27H27FN4O/c1-19-6-4-5-7-24(19)32-25(20-8-11-22(28)12-9-20)14-15-26(32)23-13-10-21(18-30-23)27(33)29-16-17-31(2)3/h4-15,18H,16-17H2,1-3H3,(H,29,33). The summed E-state index contributed by atoms with van der Waals surface area (Å²) >= 11 is 0. The van der Waals surface area contributed by atoms with E-state index in [4.69, 9.17) is 0 Å². The van der Waals surface area contributed by atoms with Gasteiger partial charge in [0.05, 0.1) is 22.6 Å².